The largest absolute Gasteiger partial charge is 0.336 e. The topological polar surface area (TPSA) is 20.3 Å². The van der Waals surface area contributed by atoms with Gasteiger partial charge in [0.05, 0.1) is 0 Å². The Hall–Kier alpha value is -0.790. The van der Waals surface area contributed by atoms with Gasteiger partial charge in [0.2, 0.25) is 5.91 Å². The van der Waals surface area contributed by atoms with Gasteiger partial charge in [-0.3, -0.25) is 4.79 Å². The second-order valence-electron chi connectivity index (χ2n) is 2.59. The number of nitrogens with zero attached hydrogens (tertiary/aromatic N) is 1. The van der Waals surface area contributed by atoms with Crippen molar-refractivity contribution in [1.82, 2.24) is 4.90 Å². The average molecular weight is 139 g/mol. The minimum Gasteiger partial charge on any atom is -0.336 e. The van der Waals surface area contributed by atoms with Crippen LogP contribution in [0.4, 0.5) is 0 Å². The fourth-order valence-corrected chi connectivity index (χ4v) is 1.27. The minimum absolute atomic E-state index is 0.0816. The third kappa shape index (κ3) is 1.06. The van der Waals surface area contributed by atoms with Gasteiger partial charge in [-0.2, -0.15) is 0 Å². The zero-order valence-corrected chi connectivity index (χ0v) is 6.34. The Morgan fingerprint density at radius 1 is 1.90 bits per heavy atom. The lowest BCUT2D eigenvalue weighted by Crippen LogP contribution is -2.49. The molecule has 0 radical (unpaired) electrons. The van der Waals surface area contributed by atoms with Crippen LogP contribution >= 0.6 is 0 Å². The molecule has 2 heteroatoms. The summed E-state index contributed by atoms with van der Waals surface area (Å²) in [5.41, 5.74) is 0. The highest BCUT2D eigenvalue weighted by Crippen LogP contribution is 2.19. The molecule has 0 N–H and O–H groups in total. The van der Waals surface area contributed by atoms with Gasteiger partial charge < -0.3 is 4.90 Å². The first kappa shape index (κ1) is 7.32. The molecule has 1 fully saturated rings. The summed E-state index contributed by atoms with van der Waals surface area (Å²) in [7, 11) is 0. The molecule has 1 saturated heterocycles. The summed E-state index contributed by atoms with van der Waals surface area (Å²) in [6.07, 6.45) is 3.62. The van der Waals surface area contributed by atoms with Crippen molar-refractivity contribution in [3.05, 3.63) is 12.7 Å². The van der Waals surface area contributed by atoms with Gasteiger partial charge in [-0.05, 0) is 18.9 Å². The van der Waals surface area contributed by atoms with Crippen LogP contribution in [0.5, 0.6) is 0 Å². The highest BCUT2D eigenvalue weighted by Gasteiger charge is 2.28. The predicted molar refractivity (Wildman–Crippen MR) is 40.6 cm³/mol. The van der Waals surface area contributed by atoms with E-state index in [0.717, 1.165) is 19.4 Å². The van der Waals surface area contributed by atoms with Gasteiger partial charge in [0.1, 0.15) is 0 Å². The molecule has 10 heavy (non-hydrogen) atoms. The number of carbonyl (C=O) groups is 1. The van der Waals surface area contributed by atoms with E-state index in [1.807, 2.05) is 4.90 Å². The van der Waals surface area contributed by atoms with Gasteiger partial charge in [-0.1, -0.05) is 13.5 Å². The number of amides is 1. The average Bonchev–Trinajstić information content (AvgIpc) is 1.86. The van der Waals surface area contributed by atoms with Gasteiger partial charge >= 0.3 is 0 Å². The van der Waals surface area contributed by atoms with E-state index in [9.17, 15) is 4.79 Å². The molecule has 1 amide bonds. The summed E-state index contributed by atoms with van der Waals surface area (Å²) in [6, 6.07) is 0.491. The maximum atomic E-state index is 11.0. The Labute approximate surface area is 61.5 Å². The summed E-state index contributed by atoms with van der Waals surface area (Å²) in [6.45, 7) is 6.47. The van der Waals surface area contributed by atoms with Crippen LogP contribution in [0.3, 0.4) is 0 Å². The lowest BCUT2D eigenvalue weighted by atomic mass is 10.0. The molecule has 1 rings (SSSR count). The maximum Gasteiger partial charge on any atom is 0.246 e. The van der Waals surface area contributed by atoms with Crippen LogP contribution in [-0.4, -0.2) is 23.4 Å². The Kier molecular flexibility index (Phi) is 2.10. The molecule has 0 spiro atoms. The number of hydrogen-bond donors (Lipinski definition) is 0. The van der Waals surface area contributed by atoms with E-state index < -0.39 is 0 Å². The van der Waals surface area contributed by atoms with Crippen LogP contribution in [0.15, 0.2) is 12.7 Å². The van der Waals surface area contributed by atoms with Gasteiger partial charge in [-0.25, -0.2) is 0 Å². The molecule has 1 aliphatic heterocycles. The van der Waals surface area contributed by atoms with Gasteiger partial charge in [0.25, 0.3) is 0 Å². The molecule has 0 aromatic heterocycles. The van der Waals surface area contributed by atoms with Crippen molar-refractivity contribution in [2.24, 2.45) is 0 Å². The second-order valence-corrected chi connectivity index (χ2v) is 2.59. The Bertz CT molecular complexity index is 151. The lowest BCUT2D eigenvalue weighted by Gasteiger charge is -2.39. The molecule has 0 aromatic carbocycles. The summed E-state index contributed by atoms with van der Waals surface area (Å²) >= 11 is 0. The van der Waals surface area contributed by atoms with Gasteiger partial charge in [0, 0.05) is 12.6 Å². The molecular formula is C8H13NO. The van der Waals surface area contributed by atoms with E-state index in [4.69, 9.17) is 0 Å². The molecular weight excluding hydrogens is 126 g/mol. The van der Waals surface area contributed by atoms with Crippen LogP contribution in [0.1, 0.15) is 19.8 Å². The third-order valence-electron chi connectivity index (χ3n) is 2.07. The predicted octanol–water partition coefficient (Wildman–Crippen LogP) is 1.18. The van der Waals surface area contributed by atoms with Crippen molar-refractivity contribution in [3.63, 3.8) is 0 Å². The van der Waals surface area contributed by atoms with E-state index in [0.29, 0.717) is 6.04 Å². The number of carbonyl (C=O) groups excluding carboxylic acids is 1. The van der Waals surface area contributed by atoms with Crippen LogP contribution in [0.25, 0.3) is 0 Å². The van der Waals surface area contributed by atoms with Crippen molar-refractivity contribution >= 4 is 5.91 Å². The van der Waals surface area contributed by atoms with Gasteiger partial charge in [0.15, 0.2) is 0 Å². The molecule has 0 bridgehead atoms. The number of rotatable bonds is 2. The van der Waals surface area contributed by atoms with Crippen LogP contribution in [0, 0.1) is 0 Å². The highest BCUT2D eigenvalue weighted by molar-refractivity contribution is 5.87. The van der Waals surface area contributed by atoms with E-state index in [-0.39, 0.29) is 5.91 Å². The van der Waals surface area contributed by atoms with Crippen LogP contribution in [0.2, 0.25) is 0 Å². The molecule has 1 heterocycles. The monoisotopic (exact) mass is 139 g/mol. The van der Waals surface area contributed by atoms with Gasteiger partial charge in [-0.15, -0.1) is 0 Å². The number of likely N-dealkylation sites (tertiary alicyclic amines) is 1. The molecule has 56 valence electrons. The quantitative estimate of drug-likeness (QED) is 0.526. The molecule has 1 unspecified atom stereocenters. The van der Waals surface area contributed by atoms with Crippen LogP contribution in [-0.2, 0) is 4.79 Å². The van der Waals surface area contributed by atoms with Crippen molar-refractivity contribution in [2.75, 3.05) is 6.54 Å². The molecule has 1 aliphatic rings. The van der Waals surface area contributed by atoms with Crippen molar-refractivity contribution in [1.29, 1.82) is 0 Å². The maximum absolute atomic E-state index is 11.0. The normalized spacial score (nSPS) is 23.7. The Morgan fingerprint density at radius 2 is 2.60 bits per heavy atom. The van der Waals surface area contributed by atoms with Crippen molar-refractivity contribution < 1.29 is 4.79 Å². The van der Waals surface area contributed by atoms with Crippen LogP contribution < -0.4 is 0 Å². The van der Waals surface area contributed by atoms with E-state index >= 15 is 0 Å². The zero-order valence-electron chi connectivity index (χ0n) is 6.34. The fourth-order valence-electron chi connectivity index (χ4n) is 1.27. The first-order valence-corrected chi connectivity index (χ1v) is 3.72. The van der Waals surface area contributed by atoms with E-state index in [1.54, 1.807) is 0 Å². The Morgan fingerprint density at radius 3 is 2.90 bits per heavy atom. The SMILES string of the molecule is C=CC(=O)N1CCC1CC. The summed E-state index contributed by atoms with van der Waals surface area (Å²) in [5.74, 6) is 0.0816. The summed E-state index contributed by atoms with van der Waals surface area (Å²) in [5, 5.41) is 0. The lowest BCUT2D eigenvalue weighted by molar-refractivity contribution is -0.133. The molecule has 0 saturated carbocycles. The fraction of sp³-hybridized carbons (Fsp3) is 0.625. The molecule has 2 nitrogen and oxygen atoms in total. The number of hydrogen-bond acceptors (Lipinski definition) is 1. The highest BCUT2D eigenvalue weighted by atomic mass is 16.2. The third-order valence-corrected chi connectivity index (χ3v) is 2.07. The second kappa shape index (κ2) is 2.86. The van der Waals surface area contributed by atoms with E-state index in [2.05, 4.69) is 13.5 Å². The zero-order chi connectivity index (χ0) is 7.56. The summed E-state index contributed by atoms with van der Waals surface area (Å²) in [4.78, 5) is 12.8. The van der Waals surface area contributed by atoms with E-state index in [1.165, 1.54) is 6.08 Å². The molecule has 1 atom stereocenters. The minimum atomic E-state index is 0.0816. The standard InChI is InChI=1S/C8H13NO/c1-3-7-5-6-9(7)8(10)4-2/h4,7H,2-3,5-6H2,1H3. The van der Waals surface area contributed by atoms with Crippen molar-refractivity contribution in [3.8, 4) is 0 Å². The first-order chi connectivity index (χ1) is 4.79. The molecule has 0 aliphatic carbocycles. The molecule has 0 aromatic rings. The Balaban J connectivity index is 2.42. The van der Waals surface area contributed by atoms with Crippen molar-refractivity contribution in [2.45, 2.75) is 25.8 Å². The smallest absolute Gasteiger partial charge is 0.246 e. The first-order valence-electron chi connectivity index (χ1n) is 3.72. The summed E-state index contributed by atoms with van der Waals surface area (Å²) < 4.78 is 0.